The highest BCUT2D eigenvalue weighted by molar-refractivity contribution is 5.97. The Kier molecular flexibility index (Phi) is 4.40. The van der Waals surface area contributed by atoms with Crippen molar-refractivity contribution >= 4 is 5.78 Å². The van der Waals surface area contributed by atoms with E-state index in [1.807, 2.05) is 18.7 Å². The molecule has 1 aliphatic heterocycles. The van der Waals surface area contributed by atoms with Crippen LogP contribution >= 0.6 is 0 Å². The lowest BCUT2D eigenvalue weighted by Crippen LogP contribution is -2.49. The van der Waals surface area contributed by atoms with Crippen molar-refractivity contribution in [1.29, 1.82) is 0 Å². The maximum absolute atomic E-state index is 13.6. The minimum absolute atomic E-state index is 0.0933. The first kappa shape index (κ1) is 14.9. The van der Waals surface area contributed by atoms with Crippen LogP contribution in [0.5, 0.6) is 5.75 Å². The highest BCUT2D eigenvalue weighted by atomic mass is 19.1. The Morgan fingerprint density at radius 2 is 2.25 bits per heavy atom. The fraction of sp³-hybridized carbons (Fsp3) is 0.533. The molecule has 1 aromatic carbocycles. The van der Waals surface area contributed by atoms with Gasteiger partial charge in [-0.3, -0.25) is 9.69 Å². The molecule has 0 radical (unpaired) electrons. The van der Waals surface area contributed by atoms with Gasteiger partial charge in [-0.1, -0.05) is 0 Å². The summed E-state index contributed by atoms with van der Waals surface area (Å²) in [5.74, 6) is -0.459. The molecule has 0 atom stereocenters. The van der Waals surface area contributed by atoms with Crippen LogP contribution in [-0.2, 0) is 4.74 Å². The van der Waals surface area contributed by atoms with Crippen LogP contribution in [0.3, 0.4) is 0 Å². The maximum Gasteiger partial charge on any atom is 0.176 e. The van der Waals surface area contributed by atoms with E-state index in [0.29, 0.717) is 25.3 Å². The summed E-state index contributed by atoms with van der Waals surface area (Å²) in [6.07, 6.45) is 0. The van der Waals surface area contributed by atoms with E-state index in [0.717, 1.165) is 0 Å². The first-order valence-electron chi connectivity index (χ1n) is 6.64. The second-order valence-corrected chi connectivity index (χ2v) is 5.59. The third-order valence-electron chi connectivity index (χ3n) is 3.35. The smallest absolute Gasteiger partial charge is 0.176 e. The second-order valence-electron chi connectivity index (χ2n) is 5.59. The number of halogens is 1. The largest absolute Gasteiger partial charge is 0.494 e. The lowest BCUT2D eigenvalue weighted by molar-refractivity contribution is -0.0833. The van der Waals surface area contributed by atoms with Crippen LogP contribution in [0.1, 0.15) is 24.2 Å². The van der Waals surface area contributed by atoms with Gasteiger partial charge in [0.15, 0.2) is 17.3 Å². The van der Waals surface area contributed by atoms with Crippen molar-refractivity contribution in [3.05, 3.63) is 29.6 Å². The van der Waals surface area contributed by atoms with E-state index >= 15 is 0 Å². The Morgan fingerprint density at radius 1 is 1.50 bits per heavy atom. The normalized spacial score (nSPS) is 18.8. The van der Waals surface area contributed by atoms with Crippen molar-refractivity contribution in [2.45, 2.75) is 19.4 Å². The van der Waals surface area contributed by atoms with Crippen LogP contribution in [0.4, 0.5) is 4.39 Å². The van der Waals surface area contributed by atoms with Crippen molar-refractivity contribution in [3.63, 3.8) is 0 Å². The predicted molar refractivity (Wildman–Crippen MR) is 73.8 cm³/mol. The van der Waals surface area contributed by atoms with Crippen molar-refractivity contribution in [2.24, 2.45) is 0 Å². The van der Waals surface area contributed by atoms with Gasteiger partial charge in [0.05, 0.1) is 25.9 Å². The SMILES string of the molecule is COc1ccc(C(=O)CN2CCOC(C)(C)C2)cc1F. The summed E-state index contributed by atoms with van der Waals surface area (Å²) < 4.78 is 24.0. The average Bonchev–Trinajstić information content (AvgIpc) is 2.37. The zero-order valence-electron chi connectivity index (χ0n) is 12.1. The van der Waals surface area contributed by atoms with Gasteiger partial charge in [-0.2, -0.15) is 0 Å². The molecular formula is C15H20FNO3. The summed E-state index contributed by atoms with van der Waals surface area (Å²) in [6.45, 7) is 6.29. The van der Waals surface area contributed by atoms with E-state index in [-0.39, 0.29) is 23.7 Å². The van der Waals surface area contributed by atoms with Crippen LogP contribution < -0.4 is 4.74 Å². The van der Waals surface area contributed by atoms with Crippen LogP contribution in [0.25, 0.3) is 0 Å². The molecule has 0 bridgehead atoms. The average molecular weight is 281 g/mol. The summed E-state index contributed by atoms with van der Waals surface area (Å²) in [4.78, 5) is 14.2. The zero-order chi connectivity index (χ0) is 14.8. The van der Waals surface area contributed by atoms with Crippen LogP contribution in [0.2, 0.25) is 0 Å². The lowest BCUT2D eigenvalue weighted by Gasteiger charge is -2.37. The van der Waals surface area contributed by atoms with Crippen molar-refractivity contribution in [3.8, 4) is 5.75 Å². The monoisotopic (exact) mass is 281 g/mol. The third kappa shape index (κ3) is 3.55. The summed E-state index contributed by atoms with van der Waals surface area (Å²) in [5.41, 5.74) is 0.122. The van der Waals surface area contributed by atoms with E-state index in [1.54, 1.807) is 6.07 Å². The number of morpholine rings is 1. The Morgan fingerprint density at radius 3 is 2.85 bits per heavy atom. The summed E-state index contributed by atoms with van der Waals surface area (Å²) >= 11 is 0. The topological polar surface area (TPSA) is 38.8 Å². The molecule has 2 rings (SSSR count). The van der Waals surface area contributed by atoms with Gasteiger partial charge in [0.2, 0.25) is 0 Å². The Hall–Kier alpha value is -1.46. The number of hydrogen-bond acceptors (Lipinski definition) is 4. The van der Waals surface area contributed by atoms with E-state index in [2.05, 4.69) is 0 Å². The minimum Gasteiger partial charge on any atom is -0.494 e. The first-order chi connectivity index (χ1) is 9.41. The number of ether oxygens (including phenoxy) is 2. The molecule has 0 aromatic heterocycles. The van der Waals surface area contributed by atoms with E-state index in [9.17, 15) is 9.18 Å². The summed E-state index contributed by atoms with van der Waals surface area (Å²) in [5, 5.41) is 0. The van der Waals surface area contributed by atoms with Crippen LogP contribution in [0.15, 0.2) is 18.2 Å². The lowest BCUT2D eigenvalue weighted by atomic mass is 10.1. The van der Waals surface area contributed by atoms with Gasteiger partial charge in [-0.15, -0.1) is 0 Å². The number of Topliss-reactive ketones (excluding diaryl/α,β-unsaturated/α-hetero) is 1. The van der Waals surface area contributed by atoms with Crippen LogP contribution in [0, 0.1) is 5.82 Å². The molecule has 1 heterocycles. The number of ketones is 1. The molecule has 4 nitrogen and oxygen atoms in total. The molecule has 0 amide bonds. The molecule has 1 aliphatic rings. The van der Waals surface area contributed by atoms with Crippen molar-refractivity contribution < 1.29 is 18.7 Å². The fourth-order valence-corrected chi connectivity index (χ4v) is 2.38. The summed E-state index contributed by atoms with van der Waals surface area (Å²) in [6, 6.07) is 4.30. The Labute approximate surface area is 118 Å². The zero-order valence-corrected chi connectivity index (χ0v) is 12.1. The maximum atomic E-state index is 13.6. The number of methoxy groups -OCH3 is 1. The molecule has 5 heteroatoms. The molecule has 0 unspecified atom stereocenters. The number of benzene rings is 1. The molecule has 0 N–H and O–H groups in total. The molecule has 0 aliphatic carbocycles. The molecular weight excluding hydrogens is 261 g/mol. The van der Waals surface area contributed by atoms with Gasteiger partial charge < -0.3 is 9.47 Å². The minimum atomic E-state index is -0.513. The second kappa shape index (κ2) is 5.89. The van der Waals surface area contributed by atoms with E-state index in [1.165, 1.54) is 19.2 Å². The standard InChI is InChI=1S/C15H20FNO3/c1-15(2)10-17(6-7-20-15)9-13(18)11-4-5-14(19-3)12(16)8-11/h4-5,8H,6-7,9-10H2,1-3H3. The highest BCUT2D eigenvalue weighted by Crippen LogP contribution is 2.20. The number of carbonyl (C=O) groups is 1. The third-order valence-corrected chi connectivity index (χ3v) is 3.35. The van der Waals surface area contributed by atoms with E-state index in [4.69, 9.17) is 9.47 Å². The molecule has 0 saturated carbocycles. The predicted octanol–water partition coefficient (Wildman–Crippen LogP) is 2.13. The highest BCUT2D eigenvalue weighted by Gasteiger charge is 2.28. The number of nitrogens with zero attached hydrogens (tertiary/aromatic N) is 1. The van der Waals surface area contributed by atoms with Gasteiger partial charge in [0.25, 0.3) is 0 Å². The quantitative estimate of drug-likeness (QED) is 0.793. The molecule has 0 spiro atoms. The molecule has 1 fully saturated rings. The molecule has 110 valence electrons. The van der Waals surface area contributed by atoms with Gasteiger partial charge in [-0.25, -0.2) is 4.39 Å². The fourth-order valence-electron chi connectivity index (χ4n) is 2.38. The molecule has 1 saturated heterocycles. The van der Waals surface area contributed by atoms with E-state index < -0.39 is 5.82 Å². The van der Waals surface area contributed by atoms with Gasteiger partial charge in [-0.05, 0) is 32.0 Å². The molecule has 20 heavy (non-hydrogen) atoms. The number of hydrogen-bond donors (Lipinski definition) is 0. The Bertz CT molecular complexity index is 502. The molecule has 1 aromatic rings. The number of carbonyl (C=O) groups excluding carboxylic acids is 1. The first-order valence-corrected chi connectivity index (χ1v) is 6.64. The van der Waals surface area contributed by atoms with Crippen LogP contribution in [-0.4, -0.2) is 49.6 Å². The van der Waals surface area contributed by atoms with Gasteiger partial charge in [0.1, 0.15) is 0 Å². The Balaban J connectivity index is 2.03. The number of rotatable bonds is 4. The van der Waals surface area contributed by atoms with Crippen molar-refractivity contribution in [2.75, 3.05) is 33.4 Å². The summed E-state index contributed by atoms with van der Waals surface area (Å²) in [7, 11) is 1.40. The van der Waals surface area contributed by atoms with Gasteiger partial charge >= 0.3 is 0 Å². The van der Waals surface area contributed by atoms with Gasteiger partial charge in [0, 0.05) is 18.7 Å². The van der Waals surface area contributed by atoms with Crippen molar-refractivity contribution in [1.82, 2.24) is 4.90 Å².